The van der Waals surface area contributed by atoms with Gasteiger partial charge in [-0.25, -0.2) is 8.42 Å². The molecule has 4 atom stereocenters. The van der Waals surface area contributed by atoms with E-state index in [1.807, 2.05) is 0 Å². The second kappa shape index (κ2) is 8.84. The molecule has 3 aliphatic rings. The molecule has 35 heavy (non-hydrogen) atoms. The molecule has 2 amide bonds. The maximum Gasteiger partial charge on any atom is 0.244 e. The fourth-order valence-corrected chi connectivity index (χ4v) is 8.46. The molecule has 3 unspecified atom stereocenters. The van der Waals surface area contributed by atoms with Gasteiger partial charge in [-0.3, -0.25) is 9.59 Å². The summed E-state index contributed by atoms with van der Waals surface area (Å²) >= 11 is 6.28. The average molecular weight is 523 g/mol. The van der Waals surface area contributed by atoms with Crippen LogP contribution in [-0.2, 0) is 30.9 Å². The van der Waals surface area contributed by atoms with Gasteiger partial charge in [-0.15, -0.1) is 0 Å². The van der Waals surface area contributed by atoms with Crippen molar-refractivity contribution in [2.75, 3.05) is 25.6 Å². The van der Waals surface area contributed by atoms with Gasteiger partial charge in [0.15, 0.2) is 0 Å². The van der Waals surface area contributed by atoms with Crippen LogP contribution < -0.4 is 5.32 Å². The summed E-state index contributed by atoms with van der Waals surface area (Å²) in [7, 11) is -2.42. The molecule has 1 aromatic heterocycles. The number of nitrogens with zero attached hydrogens (tertiary/aromatic N) is 4. The van der Waals surface area contributed by atoms with Crippen molar-refractivity contribution in [1.82, 2.24) is 24.6 Å². The summed E-state index contributed by atoms with van der Waals surface area (Å²) in [6, 6.07) is 3.09. The third-order valence-corrected chi connectivity index (χ3v) is 9.72. The summed E-state index contributed by atoms with van der Waals surface area (Å²) in [6.07, 6.45) is 3.85. The Balaban J connectivity index is 1.52. The minimum atomic E-state index is -4.04. The monoisotopic (exact) mass is 522 g/mol. The third kappa shape index (κ3) is 3.74. The number of likely N-dealkylation sites (tertiary alicyclic amines) is 1. The van der Waals surface area contributed by atoms with Crippen molar-refractivity contribution in [3.8, 4) is 0 Å². The Bertz CT molecular complexity index is 1260. The van der Waals surface area contributed by atoms with Crippen molar-refractivity contribution < 1.29 is 22.7 Å². The number of H-pyrrole nitrogens is 1. The highest BCUT2D eigenvalue weighted by Crippen LogP contribution is 2.63. The predicted molar refractivity (Wildman–Crippen MR) is 126 cm³/mol. The zero-order valence-corrected chi connectivity index (χ0v) is 21.0. The molecule has 0 radical (unpaired) electrons. The molecule has 5 rings (SSSR count). The fraction of sp³-hybridized carbons (Fsp3) is 0.545. The quantitative estimate of drug-likeness (QED) is 0.563. The van der Waals surface area contributed by atoms with Crippen molar-refractivity contribution >= 4 is 39.1 Å². The van der Waals surface area contributed by atoms with E-state index in [-0.39, 0.29) is 40.2 Å². The Labute approximate surface area is 208 Å². The minimum absolute atomic E-state index is 0.00761. The maximum atomic E-state index is 13.9. The van der Waals surface area contributed by atoms with E-state index in [0.717, 1.165) is 12.8 Å². The van der Waals surface area contributed by atoms with Crippen LogP contribution in [0.1, 0.15) is 31.9 Å². The average Bonchev–Trinajstić information content (AvgIpc) is 3.41. The summed E-state index contributed by atoms with van der Waals surface area (Å²) in [6.45, 7) is 2.48. The van der Waals surface area contributed by atoms with Gasteiger partial charge in [-0.05, 0) is 31.0 Å². The van der Waals surface area contributed by atoms with E-state index in [1.54, 1.807) is 18.2 Å². The number of hydrogen-bond acceptors (Lipinski definition) is 7. The number of anilines is 1. The van der Waals surface area contributed by atoms with Crippen LogP contribution in [0.3, 0.4) is 0 Å². The van der Waals surface area contributed by atoms with E-state index in [4.69, 9.17) is 16.3 Å². The molecular weight excluding hydrogens is 496 g/mol. The molecule has 11 nitrogen and oxygen atoms in total. The van der Waals surface area contributed by atoms with Crippen molar-refractivity contribution in [2.24, 2.45) is 11.3 Å². The van der Waals surface area contributed by atoms with Crippen molar-refractivity contribution in [3.63, 3.8) is 0 Å². The van der Waals surface area contributed by atoms with Crippen LogP contribution in [0.2, 0.25) is 5.02 Å². The molecule has 2 aromatic rings. The van der Waals surface area contributed by atoms with Gasteiger partial charge >= 0.3 is 0 Å². The van der Waals surface area contributed by atoms with Crippen molar-refractivity contribution in [3.05, 3.63) is 35.1 Å². The number of nitrogens with one attached hydrogen (secondary N) is 2. The number of aromatic nitrogens is 3. The molecule has 2 saturated heterocycles. The Morgan fingerprint density at radius 1 is 1.40 bits per heavy atom. The van der Waals surface area contributed by atoms with Crippen LogP contribution in [0, 0.1) is 11.3 Å². The van der Waals surface area contributed by atoms with Gasteiger partial charge in [0.05, 0.1) is 35.0 Å². The number of carbonyl (C=O) groups is 2. The number of sulfonamides is 1. The predicted octanol–water partition coefficient (Wildman–Crippen LogP) is 1.63. The lowest BCUT2D eigenvalue weighted by atomic mass is 9.58. The topological polar surface area (TPSA) is 138 Å². The molecule has 3 fully saturated rings. The lowest BCUT2D eigenvalue weighted by Crippen LogP contribution is -2.80. The zero-order valence-electron chi connectivity index (χ0n) is 19.4. The molecule has 3 heterocycles. The number of carbonyl (C=O) groups excluding carboxylic acids is 2. The maximum absolute atomic E-state index is 13.9. The van der Waals surface area contributed by atoms with Crippen LogP contribution in [0.5, 0.6) is 0 Å². The highest BCUT2D eigenvalue weighted by Gasteiger charge is 2.73. The highest BCUT2D eigenvalue weighted by molar-refractivity contribution is 7.89. The van der Waals surface area contributed by atoms with E-state index >= 15 is 0 Å². The number of amides is 2. The number of methoxy groups -OCH3 is 1. The molecular formula is C22H27ClN6O5S. The van der Waals surface area contributed by atoms with Gasteiger partial charge in [0.2, 0.25) is 21.8 Å². The van der Waals surface area contributed by atoms with Crippen LogP contribution in [0.4, 0.5) is 5.69 Å². The number of benzene rings is 1. The summed E-state index contributed by atoms with van der Waals surface area (Å²) in [5.74, 6) is -0.556. The van der Waals surface area contributed by atoms with E-state index in [2.05, 4.69) is 20.7 Å². The molecule has 188 valence electrons. The second-order valence-corrected chi connectivity index (χ2v) is 11.7. The first-order valence-corrected chi connectivity index (χ1v) is 13.2. The molecule has 2 aliphatic heterocycles. The van der Waals surface area contributed by atoms with E-state index < -0.39 is 21.5 Å². The minimum Gasteiger partial charge on any atom is -0.384 e. The first-order chi connectivity index (χ1) is 16.7. The lowest BCUT2D eigenvalue weighted by Gasteiger charge is -2.65. The molecule has 1 spiro atoms. The molecule has 1 aliphatic carbocycles. The first-order valence-electron chi connectivity index (χ1n) is 11.4. The summed E-state index contributed by atoms with van der Waals surface area (Å²) in [5, 5.41) is 13.1. The van der Waals surface area contributed by atoms with E-state index in [1.165, 1.54) is 29.4 Å². The Hall–Kier alpha value is -2.54. The van der Waals surface area contributed by atoms with Gasteiger partial charge in [-0.2, -0.15) is 19.7 Å². The van der Waals surface area contributed by atoms with Crippen molar-refractivity contribution in [2.45, 2.75) is 49.7 Å². The number of halogens is 1. The number of rotatable bonds is 7. The normalized spacial score (nSPS) is 28.4. The number of hydrogen-bond donors (Lipinski definition) is 2. The van der Waals surface area contributed by atoms with Crippen LogP contribution in [0.25, 0.3) is 0 Å². The highest BCUT2D eigenvalue weighted by atomic mass is 35.5. The smallest absolute Gasteiger partial charge is 0.244 e. The van der Waals surface area contributed by atoms with Gasteiger partial charge in [0.25, 0.3) is 0 Å². The second-order valence-electron chi connectivity index (χ2n) is 9.41. The molecule has 1 saturated carbocycles. The summed E-state index contributed by atoms with van der Waals surface area (Å²) in [4.78, 5) is 26.8. The summed E-state index contributed by atoms with van der Waals surface area (Å²) < 4.78 is 34.7. The largest absolute Gasteiger partial charge is 0.384 e. The Kier molecular flexibility index (Phi) is 6.10. The zero-order chi connectivity index (χ0) is 25.0. The standard InChI is InChI=1S/C22H27ClN6O5S/c1-13(30)25-18-6-5-16(8-17(18)23)35(32,33)29-19-4-3-7-22(19)14(12-34-2)10-28(21(31)20(22)29)11-15-9-24-27-26-15/h5-6,8-9,14,19-20H,3-4,7,10-12H2,1-2H3,(H,25,30)(H,24,26,27)/t14-,19?,20?,22?/m1/s1. The van der Waals surface area contributed by atoms with E-state index in [9.17, 15) is 18.0 Å². The first kappa shape index (κ1) is 24.2. The van der Waals surface area contributed by atoms with Gasteiger partial charge in [0.1, 0.15) is 11.7 Å². The molecule has 13 heteroatoms. The molecule has 1 aromatic carbocycles. The Morgan fingerprint density at radius 3 is 2.86 bits per heavy atom. The van der Waals surface area contributed by atoms with Crippen LogP contribution >= 0.6 is 11.6 Å². The Morgan fingerprint density at radius 2 is 2.20 bits per heavy atom. The van der Waals surface area contributed by atoms with Crippen LogP contribution in [0.15, 0.2) is 29.3 Å². The fourth-order valence-electron chi connectivity index (χ4n) is 6.22. The van der Waals surface area contributed by atoms with Gasteiger partial charge in [-0.1, -0.05) is 18.0 Å². The number of piperidine rings is 1. The van der Waals surface area contributed by atoms with Gasteiger partial charge < -0.3 is 15.0 Å². The molecule has 0 bridgehead atoms. The SMILES string of the molecule is COC[C@H]1CN(Cc2cn[nH]n2)C(=O)C2N(S(=O)(=O)c3ccc(NC(C)=O)c(Cl)c3)C3CCCC321. The third-order valence-electron chi connectivity index (χ3n) is 7.54. The van der Waals surface area contributed by atoms with Crippen molar-refractivity contribution in [1.29, 1.82) is 0 Å². The van der Waals surface area contributed by atoms with Gasteiger partial charge in [0, 0.05) is 38.0 Å². The summed E-state index contributed by atoms with van der Waals surface area (Å²) in [5.41, 5.74) is 0.465. The lowest BCUT2D eigenvalue weighted by molar-refractivity contribution is -0.187. The molecule has 2 N–H and O–H groups in total. The number of ether oxygens (including phenoxy) is 1. The van der Waals surface area contributed by atoms with E-state index in [0.29, 0.717) is 31.0 Å². The van der Waals surface area contributed by atoms with Crippen LogP contribution in [-0.4, -0.2) is 77.2 Å². The number of aromatic amines is 1.